The Morgan fingerprint density at radius 1 is 1.38 bits per heavy atom. The van der Waals surface area contributed by atoms with Crippen molar-refractivity contribution in [1.82, 2.24) is 15.5 Å². The van der Waals surface area contributed by atoms with Crippen molar-refractivity contribution >= 4 is 35.8 Å². The van der Waals surface area contributed by atoms with E-state index in [0.29, 0.717) is 13.2 Å². The van der Waals surface area contributed by atoms with Gasteiger partial charge in [-0.05, 0) is 31.9 Å². The molecule has 6 nitrogen and oxygen atoms in total. The molecule has 1 aliphatic heterocycles. The predicted octanol–water partition coefficient (Wildman–Crippen LogP) is 2.33. The van der Waals surface area contributed by atoms with Gasteiger partial charge in [0.2, 0.25) is 5.91 Å². The van der Waals surface area contributed by atoms with E-state index in [2.05, 4.69) is 39.6 Å². The van der Waals surface area contributed by atoms with Gasteiger partial charge in [0, 0.05) is 27.2 Å². The SMILES string of the molecule is CN=C(NCC(C)(C)C(=O)NC)N1CCOC(c2ccccc2C)C1.I. The first-order valence-corrected chi connectivity index (χ1v) is 8.74. The fourth-order valence-corrected chi connectivity index (χ4v) is 3.03. The topological polar surface area (TPSA) is 66.0 Å². The third-order valence-electron chi connectivity index (χ3n) is 4.64. The van der Waals surface area contributed by atoms with Crippen LogP contribution in [0, 0.1) is 12.3 Å². The molecule has 0 spiro atoms. The number of halogens is 1. The number of hydrogen-bond acceptors (Lipinski definition) is 3. The Morgan fingerprint density at radius 2 is 2.08 bits per heavy atom. The van der Waals surface area contributed by atoms with E-state index in [1.165, 1.54) is 11.1 Å². The van der Waals surface area contributed by atoms with Gasteiger partial charge in [-0.1, -0.05) is 24.3 Å². The van der Waals surface area contributed by atoms with E-state index in [9.17, 15) is 4.79 Å². The predicted molar refractivity (Wildman–Crippen MR) is 116 cm³/mol. The number of hydrogen-bond donors (Lipinski definition) is 2. The molecular weight excluding hydrogens is 443 g/mol. The number of morpholine rings is 1. The van der Waals surface area contributed by atoms with Crippen molar-refractivity contribution in [3.8, 4) is 0 Å². The van der Waals surface area contributed by atoms with Gasteiger partial charge >= 0.3 is 0 Å². The van der Waals surface area contributed by atoms with Gasteiger partial charge in [0.05, 0.1) is 18.6 Å². The smallest absolute Gasteiger partial charge is 0.227 e. The summed E-state index contributed by atoms with van der Waals surface area (Å²) in [6, 6.07) is 8.31. The number of carbonyl (C=O) groups excluding carboxylic acids is 1. The Morgan fingerprint density at radius 3 is 2.69 bits per heavy atom. The number of aryl methyl sites for hydroxylation is 1. The zero-order valence-corrected chi connectivity index (χ0v) is 18.7. The average Bonchev–Trinajstić information content (AvgIpc) is 2.62. The third-order valence-corrected chi connectivity index (χ3v) is 4.64. The van der Waals surface area contributed by atoms with E-state index >= 15 is 0 Å². The van der Waals surface area contributed by atoms with Crippen molar-refractivity contribution in [3.05, 3.63) is 35.4 Å². The molecule has 0 aliphatic carbocycles. The number of guanidine groups is 1. The Balaban J connectivity index is 0.00000338. The monoisotopic (exact) mass is 474 g/mol. The summed E-state index contributed by atoms with van der Waals surface area (Å²) < 4.78 is 5.98. The molecule has 1 fully saturated rings. The van der Waals surface area contributed by atoms with E-state index < -0.39 is 5.41 Å². The lowest BCUT2D eigenvalue weighted by molar-refractivity contribution is -0.128. The maximum atomic E-state index is 12.0. The van der Waals surface area contributed by atoms with E-state index in [0.717, 1.165) is 19.0 Å². The van der Waals surface area contributed by atoms with Crippen LogP contribution in [0.15, 0.2) is 29.3 Å². The van der Waals surface area contributed by atoms with Crippen LogP contribution in [0.4, 0.5) is 0 Å². The zero-order chi connectivity index (χ0) is 18.4. The minimum Gasteiger partial charge on any atom is -0.370 e. The van der Waals surface area contributed by atoms with Crippen molar-refractivity contribution in [2.24, 2.45) is 10.4 Å². The number of rotatable bonds is 4. The Hall–Kier alpha value is -1.35. The molecule has 1 aromatic carbocycles. The summed E-state index contributed by atoms with van der Waals surface area (Å²) in [4.78, 5) is 18.6. The molecule has 2 rings (SSSR count). The molecule has 7 heteroatoms. The highest BCUT2D eigenvalue weighted by Crippen LogP contribution is 2.25. The Labute approximate surface area is 173 Å². The second-order valence-corrected chi connectivity index (χ2v) is 7.03. The van der Waals surface area contributed by atoms with Crippen LogP contribution in [-0.4, -0.2) is 57.1 Å². The highest BCUT2D eigenvalue weighted by molar-refractivity contribution is 14.0. The standard InChI is InChI=1S/C19H30N4O2.HI/c1-14-8-6-7-9-15(14)16-12-23(10-11-25-16)18(21-5)22-13-19(2,3)17(24)20-4;/h6-9,16H,10-13H2,1-5H3,(H,20,24)(H,21,22);1H. The van der Waals surface area contributed by atoms with Crippen molar-refractivity contribution in [1.29, 1.82) is 0 Å². The number of aliphatic imine (C=N–C) groups is 1. The molecule has 26 heavy (non-hydrogen) atoms. The fraction of sp³-hybridized carbons (Fsp3) is 0.579. The highest BCUT2D eigenvalue weighted by atomic mass is 127. The van der Waals surface area contributed by atoms with E-state index in [-0.39, 0.29) is 36.0 Å². The van der Waals surface area contributed by atoms with Crippen molar-refractivity contribution in [2.75, 3.05) is 40.3 Å². The normalized spacial score (nSPS) is 18.1. The molecule has 0 saturated carbocycles. The molecule has 0 radical (unpaired) electrons. The number of carbonyl (C=O) groups is 1. The summed E-state index contributed by atoms with van der Waals surface area (Å²) in [6.07, 6.45) is 0.0282. The summed E-state index contributed by atoms with van der Waals surface area (Å²) in [5, 5.41) is 6.05. The first kappa shape index (κ1) is 22.7. The van der Waals surface area contributed by atoms with Gasteiger partial charge in [-0.25, -0.2) is 0 Å². The summed E-state index contributed by atoms with van der Waals surface area (Å²) in [6.45, 7) is 8.64. The van der Waals surface area contributed by atoms with Gasteiger partial charge in [-0.2, -0.15) is 0 Å². The average molecular weight is 474 g/mol. The minimum atomic E-state index is -0.508. The summed E-state index contributed by atoms with van der Waals surface area (Å²) in [7, 11) is 3.43. The number of benzene rings is 1. The molecule has 2 N–H and O–H groups in total. The van der Waals surface area contributed by atoms with Crippen LogP contribution in [0.25, 0.3) is 0 Å². The fourth-order valence-electron chi connectivity index (χ4n) is 3.03. The molecule has 1 heterocycles. The molecule has 146 valence electrons. The lowest BCUT2D eigenvalue weighted by Gasteiger charge is -2.36. The van der Waals surface area contributed by atoms with Gasteiger partial charge in [0.15, 0.2) is 5.96 Å². The summed E-state index contributed by atoms with van der Waals surface area (Å²) in [5.41, 5.74) is 1.94. The molecule has 1 atom stereocenters. The zero-order valence-electron chi connectivity index (χ0n) is 16.3. The number of nitrogens with zero attached hydrogens (tertiary/aromatic N) is 2. The molecule has 1 amide bonds. The molecular formula is C19H31IN4O2. The van der Waals surface area contributed by atoms with Crippen LogP contribution < -0.4 is 10.6 Å². The number of ether oxygens (including phenoxy) is 1. The second-order valence-electron chi connectivity index (χ2n) is 7.03. The minimum absolute atomic E-state index is 0. The largest absolute Gasteiger partial charge is 0.370 e. The third kappa shape index (κ3) is 5.57. The van der Waals surface area contributed by atoms with Gasteiger partial charge in [-0.15, -0.1) is 24.0 Å². The van der Waals surface area contributed by atoms with Crippen LogP contribution in [-0.2, 0) is 9.53 Å². The first-order chi connectivity index (χ1) is 11.9. The van der Waals surface area contributed by atoms with Gasteiger partial charge in [0.25, 0.3) is 0 Å². The Bertz CT molecular complexity index is 634. The van der Waals surface area contributed by atoms with Crippen LogP contribution in [0.3, 0.4) is 0 Å². The molecule has 1 saturated heterocycles. The van der Waals surface area contributed by atoms with E-state index in [1.54, 1.807) is 14.1 Å². The highest BCUT2D eigenvalue weighted by Gasteiger charge is 2.29. The molecule has 1 aromatic rings. The molecule has 1 aliphatic rings. The van der Waals surface area contributed by atoms with Crippen LogP contribution in [0.2, 0.25) is 0 Å². The molecule has 0 aromatic heterocycles. The second kappa shape index (κ2) is 10.1. The maximum Gasteiger partial charge on any atom is 0.227 e. The van der Waals surface area contributed by atoms with Crippen LogP contribution in [0.5, 0.6) is 0 Å². The van der Waals surface area contributed by atoms with E-state index in [1.807, 2.05) is 26.0 Å². The van der Waals surface area contributed by atoms with Gasteiger partial charge in [0.1, 0.15) is 6.10 Å². The van der Waals surface area contributed by atoms with Crippen molar-refractivity contribution < 1.29 is 9.53 Å². The molecule has 1 unspecified atom stereocenters. The summed E-state index contributed by atoms with van der Waals surface area (Å²) in [5.74, 6) is 0.814. The lowest BCUT2D eigenvalue weighted by Crippen LogP contribution is -2.51. The first-order valence-electron chi connectivity index (χ1n) is 8.74. The number of nitrogens with one attached hydrogen (secondary N) is 2. The van der Waals surface area contributed by atoms with Crippen molar-refractivity contribution in [3.63, 3.8) is 0 Å². The Kier molecular flexibility index (Phi) is 8.82. The van der Waals surface area contributed by atoms with E-state index in [4.69, 9.17) is 4.74 Å². The quantitative estimate of drug-likeness (QED) is 0.400. The van der Waals surface area contributed by atoms with Crippen LogP contribution >= 0.6 is 24.0 Å². The van der Waals surface area contributed by atoms with Crippen LogP contribution in [0.1, 0.15) is 31.1 Å². The molecule has 0 bridgehead atoms. The maximum absolute atomic E-state index is 12.0. The van der Waals surface area contributed by atoms with Crippen molar-refractivity contribution in [2.45, 2.75) is 26.9 Å². The van der Waals surface area contributed by atoms with Gasteiger partial charge in [-0.3, -0.25) is 9.79 Å². The summed E-state index contributed by atoms with van der Waals surface area (Å²) >= 11 is 0. The van der Waals surface area contributed by atoms with Gasteiger partial charge < -0.3 is 20.3 Å². The lowest BCUT2D eigenvalue weighted by atomic mass is 9.92. The number of amides is 1.